The maximum absolute atomic E-state index is 6.78. The fourth-order valence-corrected chi connectivity index (χ4v) is 10.8. The lowest BCUT2D eigenvalue weighted by Gasteiger charge is -2.13. The molecule has 12 rings (SSSR count). The van der Waals surface area contributed by atoms with Crippen LogP contribution in [0.1, 0.15) is 18.2 Å². The molecule has 56 heavy (non-hydrogen) atoms. The average Bonchev–Trinajstić information content (AvgIpc) is 3.93. The minimum Gasteiger partial charge on any atom is -0.460 e. The van der Waals surface area contributed by atoms with Crippen LogP contribution in [0.3, 0.4) is 0 Å². The van der Waals surface area contributed by atoms with Crippen molar-refractivity contribution >= 4 is 90.8 Å². The standard InChI is InChI=1S/C50H31N3OS2/c1-28-17-21-35-40(23-28)54-41-27-33(31-20-22-44-38(25-31)34-11-4-6-14-42(34)55-44)26-39(46(35)41)50-52-48(32-19-18-29-9-2-3-10-30(29)24-32)51-49(53-50)37-13-8-16-45-47(37)36-12-5-7-15-43(36)56-45/h2-22,24-28H,23H2,1H3. The van der Waals surface area contributed by atoms with E-state index in [2.05, 4.69) is 159 Å². The van der Waals surface area contributed by atoms with Crippen LogP contribution in [0.4, 0.5) is 0 Å². The Labute approximate surface area is 330 Å². The van der Waals surface area contributed by atoms with Gasteiger partial charge in [0.2, 0.25) is 0 Å². The van der Waals surface area contributed by atoms with Gasteiger partial charge in [0, 0.05) is 74.4 Å². The van der Waals surface area contributed by atoms with Crippen molar-refractivity contribution in [2.45, 2.75) is 13.3 Å². The molecule has 0 radical (unpaired) electrons. The molecule has 0 saturated heterocycles. The molecule has 0 saturated carbocycles. The summed E-state index contributed by atoms with van der Waals surface area (Å²) in [7, 11) is 0. The number of hydrogen-bond donors (Lipinski definition) is 0. The predicted octanol–water partition coefficient (Wildman–Crippen LogP) is 14.4. The second-order valence-electron chi connectivity index (χ2n) is 14.8. The van der Waals surface area contributed by atoms with E-state index >= 15 is 0 Å². The Hall–Kier alpha value is -6.47. The van der Waals surface area contributed by atoms with E-state index in [1.54, 1.807) is 11.3 Å². The fraction of sp³-hybridized carbons (Fsp3) is 0.0600. The molecule has 0 fully saturated rings. The van der Waals surface area contributed by atoms with Crippen molar-refractivity contribution in [1.82, 2.24) is 15.0 Å². The maximum Gasteiger partial charge on any atom is 0.164 e. The number of aromatic nitrogens is 3. The highest BCUT2D eigenvalue weighted by molar-refractivity contribution is 7.26. The Morgan fingerprint density at radius 3 is 2.11 bits per heavy atom. The molecule has 11 aromatic rings. The molecular formula is C50H31N3OS2. The zero-order chi connectivity index (χ0) is 36.9. The molecule has 4 aromatic heterocycles. The van der Waals surface area contributed by atoms with Gasteiger partial charge < -0.3 is 4.42 Å². The van der Waals surface area contributed by atoms with Gasteiger partial charge in [-0.2, -0.15) is 0 Å². The molecule has 264 valence electrons. The van der Waals surface area contributed by atoms with Gasteiger partial charge in [-0.25, -0.2) is 15.0 Å². The summed E-state index contributed by atoms with van der Waals surface area (Å²) in [6.45, 7) is 2.24. The molecule has 4 nitrogen and oxygen atoms in total. The summed E-state index contributed by atoms with van der Waals surface area (Å²) in [5.41, 5.74) is 7.02. The molecule has 1 aliphatic carbocycles. The van der Waals surface area contributed by atoms with E-state index in [9.17, 15) is 0 Å². The molecule has 7 aromatic carbocycles. The Morgan fingerprint density at radius 1 is 0.518 bits per heavy atom. The number of hydrogen-bond acceptors (Lipinski definition) is 6. The van der Waals surface area contributed by atoms with E-state index in [4.69, 9.17) is 19.4 Å². The monoisotopic (exact) mass is 753 g/mol. The van der Waals surface area contributed by atoms with Gasteiger partial charge in [0.15, 0.2) is 17.5 Å². The Kier molecular flexibility index (Phi) is 6.98. The first-order valence-electron chi connectivity index (χ1n) is 19.0. The SMILES string of the molecule is CC1C=Cc2c(oc3cc(-c4ccc5sc6ccccc6c5c4)cc(-c4nc(-c5ccc6ccccc6c5)nc(-c5cccc6sc7ccccc7c56)n4)c23)C1. The first kappa shape index (κ1) is 31.8. The number of furan rings is 1. The lowest BCUT2D eigenvalue weighted by molar-refractivity contribution is 0.513. The average molecular weight is 754 g/mol. The van der Waals surface area contributed by atoms with Gasteiger partial charge in [-0.3, -0.25) is 0 Å². The molecule has 0 N–H and O–H groups in total. The van der Waals surface area contributed by atoms with Crippen LogP contribution in [0.2, 0.25) is 0 Å². The van der Waals surface area contributed by atoms with Crippen molar-refractivity contribution in [2.75, 3.05) is 0 Å². The summed E-state index contributed by atoms with van der Waals surface area (Å²) in [6, 6.07) is 49.9. The number of allylic oxidation sites excluding steroid dienone is 1. The highest BCUT2D eigenvalue weighted by atomic mass is 32.1. The number of benzene rings is 7. The van der Waals surface area contributed by atoms with E-state index in [0.29, 0.717) is 23.4 Å². The molecular weight excluding hydrogens is 723 g/mol. The largest absolute Gasteiger partial charge is 0.460 e. The van der Waals surface area contributed by atoms with E-state index in [0.717, 1.165) is 61.9 Å². The Balaban J connectivity index is 1.15. The fourth-order valence-electron chi connectivity index (χ4n) is 8.53. The maximum atomic E-state index is 6.78. The third-order valence-electron chi connectivity index (χ3n) is 11.2. The van der Waals surface area contributed by atoms with Crippen molar-refractivity contribution < 1.29 is 4.42 Å². The molecule has 0 aliphatic heterocycles. The number of rotatable bonds is 4. The van der Waals surface area contributed by atoms with Gasteiger partial charge in [-0.1, -0.05) is 110 Å². The number of thiophene rings is 2. The van der Waals surface area contributed by atoms with Crippen LogP contribution in [0, 0.1) is 5.92 Å². The summed E-state index contributed by atoms with van der Waals surface area (Å²) < 4.78 is 11.8. The third kappa shape index (κ3) is 5.00. The van der Waals surface area contributed by atoms with E-state index in [1.807, 2.05) is 11.3 Å². The van der Waals surface area contributed by atoms with Crippen LogP contribution < -0.4 is 0 Å². The van der Waals surface area contributed by atoms with Gasteiger partial charge in [0.05, 0.1) is 0 Å². The Bertz CT molecular complexity index is 3440. The summed E-state index contributed by atoms with van der Waals surface area (Å²) >= 11 is 3.64. The van der Waals surface area contributed by atoms with Crippen LogP contribution in [0.15, 0.2) is 150 Å². The van der Waals surface area contributed by atoms with Crippen molar-refractivity contribution in [1.29, 1.82) is 0 Å². The highest BCUT2D eigenvalue weighted by Gasteiger charge is 2.25. The number of nitrogens with zero attached hydrogens (tertiary/aromatic N) is 3. The number of fused-ring (bicyclic) bond motifs is 10. The predicted molar refractivity (Wildman–Crippen MR) is 237 cm³/mol. The molecule has 0 amide bonds. The Morgan fingerprint density at radius 2 is 1.21 bits per heavy atom. The minimum atomic E-state index is 0.393. The summed E-state index contributed by atoms with van der Waals surface area (Å²) in [4.78, 5) is 16.1. The highest BCUT2D eigenvalue weighted by Crippen LogP contribution is 2.44. The molecule has 0 bridgehead atoms. The minimum absolute atomic E-state index is 0.393. The molecule has 4 heterocycles. The van der Waals surface area contributed by atoms with Gasteiger partial charge in [-0.05, 0) is 76.3 Å². The van der Waals surface area contributed by atoms with E-state index < -0.39 is 0 Å². The van der Waals surface area contributed by atoms with Crippen molar-refractivity contribution in [3.63, 3.8) is 0 Å². The summed E-state index contributed by atoms with van der Waals surface area (Å²) in [5, 5.41) is 8.27. The second-order valence-corrected chi connectivity index (χ2v) is 17.0. The second kappa shape index (κ2) is 12.3. The van der Waals surface area contributed by atoms with Crippen LogP contribution >= 0.6 is 22.7 Å². The smallest absolute Gasteiger partial charge is 0.164 e. The summed E-state index contributed by atoms with van der Waals surface area (Å²) in [5.74, 6) is 3.31. The molecule has 1 unspecified atom stereocenters. The van der Waals surface area contributed by atoms with Crippen LogP contribution in [-0.4, -0.2) is 15.0 Å². The lowest BCUT2D eigenvalue weighted by atomic mass is 9.92. The molecule has 1 aliphatic rings. The van der Waals surface area contributed by atoms with Crippen LogP contribution in [0.25, 0.3) is 113 Å². The summed E-state index contributed by atoms with van der Waals surface area (Å²) in [6.07, 6.45) is 5.36. The zero-order valence-corrected chi connectivity index (χ0v) is 31.9. The van der Waals surface area contributed by atoms with E-state index in [1.165, 1.54) is 45.7 Å². The quantitative estimate of drug-likeness (QED) is 0.180. The first-order valence-corrected chi connectivity index (χ1v) is 20.6. The van der Waals surface area contributed by atoms with Crippen molar-refractivity contribution in [3.8, 4) is 45.3 Å². The van der Waals surface area contributed by atoms with Crippen molar-refractivity contribution in [3.05, 3.63) is 157 Å². The van der Waals surface area contributed by atoms with Gasteiger partial charge in [0.25, 0.3) is 0 Å². The first-order chi connectivity index (χ1) is 27.6. The van der Waals surface area contributed by atoms with Gasteiger partial charge in [-0.15, -0.1) is 22.7 Å². The normalized spacial score (nSPS) is 14.2. The topological polar surface area (TPSA) is 51.8 Å². The lowest BCUT2D eigenvalue weighted by Crippen LogP contribution is -2.02. The van der Waals surface area contributed by atoms with Crippen LogP contribution in [0.5, 0.6) is 0 Å². The molecule has 1 atom stereocenters. The molecule has 0 spiro atoms. The molecule has 6 heteroatoms. The van der Waals surface area contributed by atoms with E-state index in [-0.39, 0.29) is 0 Å². The third-order valence-corrected chi connectivity index (χ3v) is 13.5. The van der Waals surface area contributed by atoms with Gasteiger partial charge in [0.1, 0.15) is 11.3 Å². The van der Waals surface area contributed by atoms with Crippen molar-refractivity contribution in [2.24, 2.45) is 5.92 Å². The van der Waals surface area contributed by atoms with Crippen LogP contribution in [-0.2, 0) is 6.42 Å². The van der Waals surface area contributed by atoms with Gasteiger partial charge >= 0.3 is 0 Å². The zero-order valence-electron chi connectivity index (χ0n) is 30.3.